The van der Waals surface area contributed by atoms with Crippen LogP contribution in [0, 0.1) is 13.8 Å². The minimum Gasteiger partial charge on any atom is -0.445 e. The first kappa shape index (κ1) is 16.1. The van der Waals surface area contributed by atoms with E-state index in [0.717, 1.165) is 22.0 Å². The Morgan fingerprint density at radius 3 is 2.78 bits per heavy atom. The van der Waals surface area contributed by atoms with E-state index in [-0.39, 0.29) is 11.9 Å². The molecular formula is C16H21N3O3S. The lowest BCUT2D eigenvalue weighted by molar-refractivity contribution is -0.00482. The molecule has 2 aromatic heterocycles. The van der Waals surface area contributed by atoms with Gasteiger partial charge in [-0.05, 0) is 32.2 Å². The van der Waals surface area contributed by atoms with Crippen LogP contribution in [0.3, 0.4) is 0 Å². The number of rotatable bonds is 3. The van der Waals surface area contributed by atoms with E-state index in [9.17, 15) is 4.79 Å². The number of aromatic nitrogens is 2. The standard InChI is InChI=1S/C16H21N3O3S/c1-10-15(11(2)18(3)17-10)12-9-21-8-7-19(12)16(20)13-5-6-14(22-13)23-4/h5-6,12H,7-9H2,1-4H3/t12-/m1/s1. The third-order valence-electron chi connectivity index (χ3n) is 4.28. The highest BCUT2D eigenvalue weighted by atomic mass is 32.2. The molecule has 1 aliphatic heterocycles. The van der Waals surface area contributed by atoms with E-state index in [1.165, 1.54) is 11.8 Å². The summed E-state index contributed by atoms with van der Waals surface area (Å²) in [5.74, 6) is 0.279. The van der Waals surface area contributed by atoms with Crippen LogP contribution in [-0.2, 0) is 11.8 Å². The number of amides is 1. The molecule has 1 atom stereocenters. The molecule has 0 N–H and O–H groups in total. The number of furan rings is 1. The molecule has 0 unspecified atom stereocenters. The summed E-state index contributed by atoms with van der Waals surface area (Å²) in [6.45, 7) is 5.56. The van der Waals surface area contributed by atoms with Gasteiger partial charge in [-0.1, -0.05) is 11.8 Å². The second-order valence-corrected chi connectivity index (χ2v) is 6.43. The number of morpholine rings is 1. The Hall–Kier alpha value is -1.73. The molecule has 1 amide bonds. The summed E-state index contributed by atoms with van der Waals surface area (Å²) < 4.78 is 13.1. The zero-order valence-corrected chi connectivity index (χ0v) is 14.6. The zero-order valence-electron chi connectivity index (χ0n) is 13.8. The maximum absolute atomic E-state index is 12.9. The lowest BCUT2D eigenvalue weighted by Gasteiger charge is -2.35. The smallest absolute Gasteiger partial charge is 0.290 e. The fourth-order valence-electron chi connectivity index (χ4n) is 3.04. The third-order valence-corrected chi connectivity index (χ3v) is 4.90. The Labute approximate surface area is 139 Å². The maximum Gasteiger partial charge on any atom is 0.290 e. The van der Waals surface area contributed by atoms with Gasteiger partial charge in [-0.2, -0.15) is 5.10 Å². The van der Waals surface area contributed by atoms with Crippen LogP contribution in [0.25, 0.3) is 0 Å². The number of thioether (sulfide) groups is 1. The molecule has 1 aliphatic rings. The summed E-state index contributed by atoms with van der Waals surface area (Å²) in [7, 11) is 1.92. The molecule has 6 nitrogen and oxygen atoms in total. The van der Waals surface area contributed by atoms with Crippen molar-refractivity contribution in [1.29, 1.82) is 0 Å². The molecule has 0 aromatic carbocycles. The van der Waals surface area contributed by atoms with Crippen molar-refractivity contribution in [3.05, 3.63) is 34.8 Å². The number of carbonyl (C=O) groups excluding carboxylic acids is 1. The Balaban J connectivity index is 1.94. The first-order valence-corrected chi connectivity index (χ1v) is 8.78. The summed E-state index contributed by atoms with van der Waals surface area (Å²) in [5.41, 5.74) is 3.06. The molecule has 2 aromatic rings. The van der Waals surface area contributed by atoms with Crippen LogP contribution in [0.5, 0.6) is 0 Å². The van der Waals surface area contributed by atoms with Gasteiger partial charge in [0.1, 0.15) is 0 Å². The Morgan fingerprint density at radius 1 is 1.39 bits per heavy atom. The lowest BCUT2D eigenvalue weighted by atomic mass is 10.0. The molecule has 0 radical (unpaired) electrons. The highest BCUT2D eigenvalue weighted by Crippen LogP contribution is 2.31. The van der Waals surface area contributed by atoms with Gasteiger partial charge in [-0.15, -0.1) is 0 Å². The number of carbonyl (C=O) groups is 1. The SMILES string of the molecule is CSc1ccc(C(=O)N2CCOC[C@@H]2c2c(C)nn(C)c2C)o1. The first-order chi connectivity index (χ1) is 11.0. The molecule has 3 heterocycles. The van der Waals surface area contributed by atoms with E-state index in [1.807, 2.05) is 42.8 Å². The van der Waals surface area contributed by atoms with Crippen LogP contribution in [0.4, 0.5) is 0 Å². The van der Waals surface area contributed by atoms with E-state index in [0.29, 0.717) is 25.5 Å². The Kier molecular flexibility index (Phi) is 4.50. The summed E-state index contributed by atoms with van der Waals surface area (Å²) in [5, 5.41) is 5.21. The zero-order chi connectivity index (χ0) is 16.6. The Bertz CT molecular complexity index is 722. The molecule has 0 aliphatic carbocycles. The summed E-state index contributed by atoms with van der Waals surface area (Å²) in [6.07, 6.45) is 1.92. The van der Waals surface area contributed by atoms with Gasteiger partial charge >= 0.3 is 0 Å². The van der Waals surface area contributed by atoms with Crippen LogP contribution >= 0.6 is 11.8 Å². The number of ether oxygens (including phenoxy) is 1. The molecule has 1 saturated heterocycles. The first-order valence-electron chi connectivity index (χ1n) is 7.55. The second kappa shape index (κ2) is 6.41. The van der Waals surface area contributed by atoms with E-state index in [1.54, 1.807) is 6.07 Å². The normalized spacial score (nSPS) is 18.4. The van der Waals surface area contributed by atoms with Crippen molar-refractivity contribution in [3.8, 4) is 0 Å². The fourth-order valence-corrected chi connectivity index (χ4v) is 3.42. The van der Waals surface area contributed by atoms with Crippen molar-refractivity contribution in [2.45, 2.75) is 25.0 Å². The number of nitrogens with zero attached hydrogens (tertiary/aromatic N) is 3. The van der Waals surface area contributed by atoms with Crippen molar-refractivity contribution < 1.29 is 13.9 Å². The predicted molar refractivity (Wildman–Crippen MR) is 87.8 cm³/mol. The molecular weight excluding hydrogens is 314 g/mol. The number of aryl methyl sites for hydroxylation is 2. The predicted octanol–water partition coefficient (Wildman–Crippen LogP) is 2.57. The third kappa shape index (κ3) is 2.90. The quantitative estimate of drug-likeness (QED) is 0.807. The van der Waals surface area contributed by atoms with Crippen molar-refractivity contribution in [3.63, 3.8) is 0 Å². The molecule has 3 rings (SSSR count). The van der Waals surface area contributed by atoms with Gasteiger partial charge in [0.25, 0.3) is 5.91 Å². The maximum atomic E-state index is 12.9. The summed E-state index contributed by atoms with van der Waals surface area (Å²) in [4.78, 5) is 14.7. The summed E-state index contributed by atoms with van der Waals surface area (Å²) >= 11 is 1.48. The van der Waals surface area contributed by atoms with Gasteiger partial charge < -0.3 is 14.1 Å². The van der Waals surface area contributed by atoms with Crippen LogP contribution in [0.15, 0.2) is 21.6 Å². The molecule has 124 valence electrons. The topological polar surface area (TPSA) is 60.5 Å². The lowest BCUT2D eigenvalue weighted by Crippen LogP contribution is -2.43. The monoisotopic (exact) mass is 335 g/mol. The van der Waals surface area contributed by atoms with Gasteiger partial charge in [0, 0.05) is 24.8 Å². The van der Waals surface area contributed by atoms with E-state index >= 15 is 0 Å². The van der Waals surface area contributed by atoms with E-state index < -0.39 is 0 Å². The van der Waals surface area contributed by atoms with Gasteiger partial charge in [0.05, 0.1) is 24.9 Å². The van der Waals surface area contributed by atoms with E-state index in [4.69, 9.17) is 9.15 Å². The highest BCUT2D eigenvalue weighted by Gasteiger charge is 2.34. The number of hydrogen-bond acceptors (Lipinski definition) is 5. The highest BCUT2D eigenvalue weighted by molar-refractivity contribution is 7.98. The second-order valence-electron chi connectivity index (χ2n) is 5.62. The van der Waals surface area contributed by atoms with Crippen LogP contribution in [-0.4, -0.2) is 46.6 Å². The van der Waals surface area contributed by atoms with Gasteiger partial charge in [0.2, 0.25) is 0 Å². The number of hydrogen-bond donors (Lipinski definition) is 0. The molecule has 7 heteroatoms. The van der Waals surface area contributed by atoms with Crippen molar-refractivity contribution in [2.75, 3.05) is 26.0 Å². The molecule has 0 saturated carbocycles. The Morgan fingerprint density at radius 2 is 2.17 bits per heavy atom. The fraction of sp³-hybridized carbons (Fsp3) is 0.500. The van der Waals surface area contributed by atoms with Gasteiger partial charge in [-0.25, -0.2) is 0 Å². The summed E-state index contributed by atoms with van der Waals surface area (Å²) in [6, 6.07) is 3.44. The molecule has 23 heavy (non-hydrogen) atoms. The van der Waals surface area contributed by atoms with Crippen LogP contribution in [0.1, 0.15) is 33.5 Å². The minimum atomic E-state index is -0.132. The largest absolute Gasteiger partial charge is 0.445 e. The van der Waals surface area contributed by atoms with Crippen molar-refractivity contribution in [1.82, 2.24) is 14.7 Å². The minimum absolute atomic E-state index is 0.0961. The van der Waals surface area contributed by atoms with E-state index in [2.05, 4.69) is 5.10 Å². The van der Waals surface area contributed by atoms with Crippen LogP contribution in [0.2, 0.25) is 0 Å². The molecule has 0 bridgehead atoms. The average molecular weight is 335 g/mol. The van der Waals surface area contributed by atoms with Gasteiger partial charge in [-0.3, -0.25) is 9.48 Å². The van der Waals surface area contributed by atoms with Crippen molar-refractivity contribution in [2.24, 2.45) is 7.05 Å². The van der Waals surface area contributed by atoms with Crippen LogP contribution < -0.4 is 0 Å². The molecule has 1 fully saturated rings. The van der Waals surface area contributed by atoms with Gasteiger partial charge in [0.15, 0.2) is 10.9 Å². The molecule has 0 spiro atoms. The van der Waals surface area contributed by atoms with Crippen molar-refractivity contribution >= 4 is 17.7 Å². The average Bonchev–Trinajstić information content (AvgIpc) is 3.12.